The van der Waals surface area contributed by atoms with Gasteiger partial charge in [-0.3, -0.25) is 47.9 Å². The number of aryl methyl sites for hydroxylation is 2. The third-order valence-corrected chi connectivity index (χ3v) is 29.2. The third-order valence-electron chi connectivity index (χ3n) is 27.8. The van der Waals surface area contributed by atoms with Gasteiger partial charge in [-0.15, -0.1) is 0 Å². The molecule has 0 spiro atoms. The zero-order chi connectivity index (χ0) is 91.4. The first kappa shape index (κ1) is 91.9. The molecule has 5 amide bonds. The lowest BCUT2D eigenvalue weighted by atomic mass is 9.87. The molecule has 5 unspecified atom stereocenters. The zero-order valence-electron chi connectivity index (χ0n) is 73.4. The van der Waals surface area contributed by atoms with Gasteiger partial charge in [-0.05, 0) is 289 Å². The van der Waals surface area contributed by atoms with E-state index in [0.29, 0.717) is 74.5 Å². The van der Waals surface area contributed by atoms with Crippen LogP contribution >= 0.6 is 46.4 Å². The number of aromatic nitrogens is 5. The normalized spacial score (nSPS) is 21.1. The quantitative estimate of drug-likeness (QED) is 0.0256. The number of H-pyrrole nitrogens is 5. The molecule has 6 aliphatic heterocycles. The lowest BCUT2D eigenvalue weighted by Crippen LogP contribution is -2.28. The Labute approximate surface area is 778 Å². The van der Waals surface area contributed by atoms with Crippen molar-refractivity contribution >= 4 is 75.9 Å². The van der Waals surface area contributed by atoms with Crippen molar-refractivity contribution in [3.63, 3.8) is 0 Å². The molecule has 5 saturated carbocycles. The fourth-order valence-corrected chi connectivity index (χ4v) is 20.2. The molecule has 11 heterocycles. The van der Waals surface area contributed by atoms with Crippen molar-refractivity contribution in [2.24, 2.45) is 0 Å². The third kappa shape index (κ3) is 23.2. The molecule has 5 saturated heterocycles. The van der Waals surface area contributed by atoms with Crippen molar-refractivity contribution in [3.05, 3.63) is 336 Å². The van der Waals surface area contributed by atoms with Gasteiger partial charge in [0.1, 0.15) is 17.4 Å². The average molecular weight is 1860 g/mol. The number of hydrogen-bond donors (Lipinski definition) is 10. The van der Waals surface area contributed by atoms with Crippen LogP contribution in [0.2, 0.25) is 20.1 Å². The Morgan fingerprint density at radius 2 is 0.580 bits per heavy atom. The second kappa shape index (κ2) is 40.6. The van der Waals surface area contributed by atoms with Crippen molar-refractivity contribution in [2.75, 3.05) is 6.61 Å². The van der Waals surface area contributed by atoms with Crippen LogP contribution in [0.4, 0.5) is 8.78 Å². The minimum Gasteiger partial charge on any atom is -0.493 e. The summed E-state index contributed by atoms with van der Waals surface area (Å²) in [7, 11) is 0. The monoisotopic (exact) mass is 1850 g/mol. The molecule has 10 atom stereocenters. The highest BCUT2D eigenvalue weighted by molar-refractivity contribution is 6.32. The van der Waals surface area contributed by atoms with Crippen molar-refractivity contribution in [1.82, 2.24) is 51.5 Å². The Bertz CT molecular complexity index is 5710. The predicted molar refractivity (Wildman–Crippen MR) is 504 cm³/mol. The molecule has 21 rings (SSSR count). The number of amides is 5. The first-order valence-corrected chi connectivity index (χ1v) is 48.0. The molecule has 10 N–H and O–H groups in total. The Kier molecular flexibility index (Phi) is 28.5. The van der Waals surface area contributed by atoms with E-state index in [9.17, 15) is 56.7 Å². The Morgan fingerprint density at radius 1 is 0.290 bits per heavy atom. The molecular formula is C104H110Cl4F2N10O11. The molecule has 5 aromatic heterocycles. The van der Waals surface area contributed by atoms with Gasteiger partial charge in [0.05, 0.1) is 16.7 Å². The Balaban J connectivity index is 0.000000115. The lowest BCUT2D eigenvalue weighted by Gasteiger charge is -2.22. The highest BCUT2D eigenvalue weighted by atomic mass is 35.5. The molecule has 27 heteroatoms. The minimum absolute atomic E-state index is 0.00236. The van der Waals surface area contributed by atoms with Crippen molar-refractivity contribution < 1.29 is 37.5 Å². The van der Waals surface area contributed by atoms with E-state index in [1.807, 2.05) is 98.8 Å². The van der Waals surface area contributed by atoms with Gasteiger partial charge in [0.25, 0.3) is 27.8 Å². The van der Waals surface area contributed by atoms with Crippen LogP contribution < -0.4 is 59.1 Å². The number of benzene rings is 5. The van der Waals surface area contributed by atoms with E-state index in [0.717, 1.165) is 234 Å². The lowest BCUT2D eigenvalue weighted by molar-refractivity contribution is -0.120. The number of rotatable bonds is 25. The molecule has 10 fully saturated rings. The smallest absolute Gasteiger partial charge is 0.251 e. The second-order valence-electron chi connectivity index (χ2n) is 37.6. The van der Waals surface area contributed by atoms with Crippen LogP contribution in [0.5, 0.6) is 5.75 Å². The molecular weight excluding hydrogens is 1750 g/mol. The fraction of sp³-hybridized carbons (Fsp3) is 0.423. The van der Waals surface area contributed by atoms with E-state index in [4.69, 9.17) is 51.1 Å². The molecule has 21 nitrogen and oxygen atoms in total. The Morgan fingerprint density at radius 3 is 0.870 bits per heavy atom. The van der Waals surface area contributed by atoms with Crippen LogP contribution in [0.1, 0.15) is 320 Å². The van der Waals surface area contributed by atoms with Crippen LogP contribution in [-0.2, 0) is 30.4 Å². The molecule has 0 radical (unpaired) electrons. The van der Waals surface area contributed by atoms with Crippen LogP contribution in [0.3, 0.4) is 0 Å². The summed E-state index contributed by atoms with van der Waals surface area (Å²) in [5.41, 5.74) is 16.7. The van der Waals surface area contributed by atoms with Gasteiger partial charge in [0.15, 0.2) is 0 Å². The van der Waals surface area contributed by atoms with Crippen LogP contribution in [-0.4, -0.2) is 91.3 Å². The van der Waals surface area contributed by atoms with Gasteiger partial charge in [0.2, 0.25) is 29.5 Å². The second-order valence-corrected chi connectivity index (χ2v) is 39.3. The SMILES string of the molecule is Cc1cc(C(C[C@H]2CCC(=O)N2)c2ccc(C3CC3)c(=O)[nH]2)ccc1Cl.Cc1ccc(C(C[C@H]2CCC(=O)N2)c2ccc(C3CC3)c(=O)[nH]2)cc1Cl.O=C1CC[C@H](CC(c2ccc(Cl)c(F)c2)c2ccc(C3CC3)c(=O)[nH]2)N1.O=C1CC[C@H](CC(c2ccc(F)c(Cl)c2)c2ccc(C3CC3)c(=O)[nH]2)N1.O=C1CC[C@H](CC(c2ccc3c(c2)CCO3)c2ccc(C3CC3)c(=O)[nH]2)N1. The maximum atomic E-state index is 14.0. The first-order valence-electron chi connectivity index (χ1n) is 46.5. The summed E-state index contributed by atoms with van der Waals surface area (Å²) < 4.78 is 33.2. The van der Waals surface area contributed by atoms with E-state index >= 15 is 0 Å². The standard InChI is InChI=1S/C22H24N2O3.2C21H23ClN2O2.2C20H20ClFN2O2/c25-21-8-4-16(23-21)12-18(14-3-7-20-15(11-14)9-10-27-20)19-6-5-17(13-1-2-13)22(26)24-19;1-12-10-14(4-7-18(12)22)17(11-15-5-9-20(25)23-15)19-8-6-16(13-2-3-13)21(26)24-19;1-12-2-3-14(10-18(12)22)17(11-15-6-9-20(25)23-15)19-8-7-16(13-4-5-13)21(26)24-19;21-16-9-12(3-6-17(16)22)15(10-13-4-8-19(25)23-13)18-7-5-14(11-1-2-11)20(26)24-18;21-16-6-3-12(9-17(16)22)15(10-13-4-8-19(25)23-13)18-7-5-14(11-1-2-11)20(26)24-18/h3,5-7,11,13,16,18H,1-2,4,8-10,12H2,(H,23,25)(H,24,26);4,6-8,10,13,15,17H,2-3,5,9,11H2,1H3,(H,23,25)(H,24,26);2-3,7-8,10,13,15,17H,4-6,9,11H2,1H3,(H,23,25)(H,24,26);2*3,5-7,9,11,13,15H,1-2,4,8,10H2,(H,23,25)(H,24,26)/t16-,18?;2*15-,17?;2*13-,15?/m11111/s1. The molecule has 10 aromatic rings. The number of aromatic amines is 5. The maximum Gasteiger partial charge on any atom is 0.251 e. The fourth-order valence-electron chi connectivity index (χ4n) is 19.6. The van der Waals surface area contributed by atoms with E-state index in [-0.39, 0.29) is 127 Å². The number of hydrogen-bond acceptors (Lipinski definition) is 11. The summed E-state index contributed by atoms with van der Waals surface area (Å²) in [5.74, 6) is 2.15. The van der Waals surface area contributed by atoms with Gasteiger partial charge in [-0.25, -0.2) is 8.78 Å². The topological polar surface area (TPSA) is 319 Å². The molecule has 11 aliphatic rings. The van der Waals surface area contributed by atoms with Crippen LogP contribution in [0, 0.1) is 25.5 Å². The van der Waals surface area contributed by atoms with E-state index in [1.165, 1.54) is 29.3 Å². The van der Waals surface area contributed by atoms with Crippen molar-refractivity contribution in [3.8, 4) is 5.75 Å². The highest BCUT2D eigenvalue weighted by Crippen LogP contribution is 2.46. The van der Waals surface area contributed by atoms with Crippen molar-refractivity contribution in [1.29, 1.82) is 0 Å². The van der Waals surface area contributed by atoms with E-state index < -0.39 is 11.6 Å². The number of halogens is 6. The summed E-state index contributed by atoms with van der Waals surface area (Å²) in [6.45, 7) is 4.69. The summed E-state index contributed by atoms with van der Waals surface area (Å²) in [6, 6.07) is 47.9. The molecule has 131 heavy (non-hydrogen) atoms. The number of carbonyl (C=O) groups excluding carboxylic acids is 5. The summed E-state index contributed by atoms with van der Waals surface area (Å²) >= 11 is 24.3. The van der Waals surface area contributed by atoms with Gasteiger partial charge in [-0.1, -0.05) is 125 Å². The highest BCUT2D eigenvalue weighted by Gasteiger charge is 2.37. The molecule has 5 aliphatic carbocycles. The summed E-state index contributed by atoms with van der Waals surface area (Å²) in [4.78, 5) is 136. The zero-order valence-corrected chi connectivity index (χ0v) is 76.5. The van der Waals surface area contributed by atoms with E-state index in [2.05, 4.69) is 81.8 Å². The van der Waals surface area contributed by atoms with Gasteiger partial charge >= 0.3 is 0 Å². The summed E-state index contributed by atoms with van der Waals surface area (Å²) in [6.07, 6.45) is 22.2. The molecule has 5 aromatic carbocycles. The number of carbonyl (C=O) groups is 5. The Hall–Kier alpha value is -11.0. The minimum atomic E-state index is -0.485. The number of pyridine rings is 5. The molecule has 0 bridgehead atoms. The summed E-state index contributed by atoms with van der Waals surface area (Å²) in [5, 5.41) is 16.7. The van der Waals surface area contributed by atoms with Crippen molar-refractivity contribution in [2.45, 2.75) is 270 Å². The van der Waals surface area contributed by atoms with Gasteiger partial charge in [0, 0.05) is 165 Å². The number of nitrogens with one attached hydrogen (secondary N) is 10. The van der Waals surface area contributed by atoms with E-state index in [1.54, 1.807) is 18.2 Å². The maximum absolute atomic E-state index is 14.0. The number of fused-ring (bicyclic) bond motifs is 1. The number of ether oxygens (including phenoxy) is 1. The van der Waals surface area contributed by atoms with Gasteiger partial charge in [-0.2, -0.15) is 0 Å². The largest absolute Gasteiger partial charge is 0.493 e. The van der Waals surface area contributed by atoms with Gasteiger partial charge < -0.3 is 56.2 Å². The first-order chi connectivity index (χ1) is 63.2. The predicted octanol–water partition coefficient (Wildman–Crippen LogP) is 18.7. The molecule has 684 valence electrons. The average Bonchev–Trinajstić information content (AvgIpc) is 1.69. The van der Waals surface area contributed by atoms with Crippen LogP contribution in [0.25, 0.3) is 0 Å². The van der Waals surface area contributed by atoms with Crippen LogP contribution in [0.15, 0.2) is 176 Å².